The first-order chi connectivity index (χ1) is 16.7. The van der Waals surface area contributed by atoms with Gasteiger partial charge in [-0.2, -0.15) is 0 Å². The molecule has 1 aromatic rings. The van der Waals surface area contributed by atoms with E-state index in [9.17, 15) is 9.59 Å². The molecular formula is C29H41NO4S. The summed E-state index contributed by atoms with van der Waals surface area (Å²) < 4.78 is 10.8. The quantitative estimate of drug-likeness (QED) is 0.0754. The van der Waals surface area contributed by atoms with Gasteiger partial charge in [0.05, 0.1) is 0 Å². The molecule has 3 atom stereocenters. The van der Waals surface area contributed by atoms with Gasteiger partial charge in [-0.3, -0.25) is 9.59 Å². The van der Waals surface area contributed by atoms with Crippen molar-refractivity contribution >= 4 is 23.7 Å². The average molecular weight is 500 g/mol. The number of nitrogens with two attached hydrogens (primary N) is 1. The van der Waals surface area contributed by atoms with Crippen LogP contribution in [0.2, 0.25) is 0 Å². The van der Waals surface area contributed by atoms with Crippen molar-refractivity contribution in [3.63, 3.8) is 0 Å². The summed E-state index contributed by atoms with van der Waals surface area (Å²) in [6.45, 7) is 17.0. The van der Waals surface area contributed by atoms with Crippen molar-refractivity contribution < 1.29 is 19.1 Å². The maximum atomic E-state index is 12.2. The molecule has 1 aliphatic rings. The van der Waals surface area contributed by atoms with Gasteiger partial charge in [0.1, 0.15) is 12.4 Å². The second kappa shape index (κ2) is 14.3. The van der Waals surface area contributed by atoms with Crippen LogP contribution < -0.4 is 10.5 Å². The minimum atomic E-state index is -0.267. The molecule has 0 aromatic heterocycles. The zero-order valence-corrected chi connectivity index (χ0v) is 22.2. The number of rotatable bonds is 14. The maximum absolute atomic E-state index is 12.2. The van der Waals surface area contributed by atoms with Crippen molar-refractivity contribution in [3.05, 3.63) is 61.2 Å². The third-order valence-electron chi connectivity index (χ3n) is 6.97. The molecule has 1 fully saturated rings. The van der Waals surface area contributed by atoms with E-state index in [1.165, 1.54) is 17.3 Å². The van der Waals surface area contributed by atoms with Crippen LogP contribution in [0.4, 0.5) is 0 Å². The molecule has 1 saturated carbocycles. The lowest BCUT2D eigenvalue weighted by atomic mass is 9.61. The van der Waals surface area contributed by atoms with Crippen LogP contribution in [0.5, 0.6) is 5.75 Å². The smallest absolute Gasteiger partial charge is 0.311 e. The topological polar surface area (TPSA) is 78.6 Å². The van der Waals surface area contributed by atoms with Gasteiger partial charge in [0.25, 0.3) is 0 Å². The zero-order valence-electron chi connectivity index (χ0n) is 21.4. The van der Waals surface area contributed by atoms with E-state index in [0.29, 0.717) is 49.1 Å². The second-order valence-electron chi connectivity index (χ2n) is 9.72. The molecule has 0 amide bonds. The van der Waals surface area contributed by atoms with Crippen LogP contribution in [0, 0.1) is 17.3 Å². The monoisotopic (exact) mass is 499 g/mol. The van der Waals surface area contributed by atoms with Crippen LogP contribution >= 0.6 is 11.8 Å². The summed E-state index contributed by atoms with van der Waals surface area (Å²) in [5, 5.41) is 0. The normalized spacial score (nSPS) is 21.7. The predicted molar refractivity (Wildman–Crippen MR) is 144 cm³/mol. The second-order valence-corrected chi connectivity index (χ2v) is 10.8. The highest BCUT2D eigenvalue weighted by Crippen LogP contribution is 2.48. The third kappa shape index (κ3) is 9.34. The van der Waals surface area contributed by atoms with Gasteiger partial charge in [0.2, 0.25) is 0 Å². The molecule has 0 bridgehead atoms. The van der Waals surface area contributed by atoms with Crippen molar-refractivity contribution in [3.8, 4) is 5.75 Å². The van der Waals surface area contributed by atoms with Gasteiger partial charge in [0, 0.05) is 23.6 Å². The number of thioether (sulfide) groups is 1. The maximum Gasteiger partial charge on any atom is 0.311 e. The third-order valence-corrected chi connectivity index (χ3v) is 7.74. The Labute approximate surface area is 215 Å². The Morgan fingerprint density at radius 2 is 1.80 bits per heavy atom. The molecular weight excluding hydrogens is 458 g/mol. The first kappa shape index (κ1) is 28.9. The number of carbonyl (C=O) groups excluding carboxylic acids is 2. The van der Waals surface area contributed by atoms with Gasteiger partial charge in [0.15, 0.2) is 0 Å². The van der Waals surface area contributed by atoms with Crippen molar-refractivity contribution in [2.75, 3.05) is 12.5 Å². The highest BCUT2D eigenvalue weighted by molar-refractivity contribution is 7.99. The fraction of sp³-hybridized carbons (Fsp3) is 0.517. The fourth-order valence-electron chi connectivity index (χ4n) is 4.67. The Hall–Kier alpha value is -2.31. The lowest BCUT2D eigenvalue weighted by molar-refractivity contribution is -0.143. The van der Waals surface area contributed by atoms with Crippen LogP contribution in [0.3, 0.4) is 0 Å². The number of esters is 2. The lowest BCUT2D eigenvalue weighted by Gasteiger charge is -2.43. The number of carbonyl (C=O) groups is 2. The van der Waals surface area contributed by atoms with E-state index in [1.807, 2.05) is 12.1 Å². The van der Waals surface area contributed by atoms with Crippen molar-refractivity contribution in [2.45, 2.75) is 70.1 Å². The number of hydrogen-bond donors (Lipinski definition) is 1. The van der Waals surface area contributed by atoms with E-state index in [2.05, 4.69) is 39.7 Å². The van der Waals surface area contributed by atoms with Gasteiger partial charge in [-0.15, -0.1) is 18.3 Å². The Kier molecular flexibility index (Phi) is 11.8. The summed E-state index contributed by atoms with van der Waals surface area (Å²) in [4.78, 5) is 25.2. The highest BCUT2D eigenvalue weighted by atomic mass is 32.2. The molecule has 35 heavy (non-hydrogen) atoms. The molecule has 0 heterocycles. The standard InChI is InChI=1S/C29H41NO4S/c1-6-29(5)17-16-23(18-26(29)21(2)3)22(4)19-33-27(31)10-8-7-9-11-28(32)34-24-12-14-25(15-13-24)35-20-30/h6,12-15,23,26H,1-2,4,7-11,16-20,30H2,3,5H3/t23-,26+,29-/m1/s1. The van der Waals surface area contributed by atoms with Gasteiger partial charge >= 0.3 is 11.9 Å². The minimum Gasteiger partial charge on any atom is -0.461 e. The Morgan fingerprint density at radius 1 is 1.14 bits per heavy atom. The van der Waals surface area contributed by atoms with Crippen molar-refractivity contribution in [1.82, 2.24) is 0 Å². The predicted octanol–water partition coefficient (Wildman–Crippen LogP) is 6.83. The van der Waals surface area contributed by atoms with Crippen molar-refractivity contribution in [2.24, 2.45) is 23.0 Å². The molecule has 0 unspecified atom stereocenters. The number of unbranched alkanes of at least 4 members (excludes halogenated alkanes) is 2. The summed E-state index contributed by atoms with van der Waals surface area (Å²) in [7, 11) is 0. The molecule has 1 aromatic carbocycles. The molecule has 0 saturated heterocycles. The van der Waals surface area contributed by atoms with Crippen LogP contribution in [0.15, 0.2) is 66.1 Å². The molecule has 192 valence electrons. The van der Waals surface area contributed by atoms with E-state index in [1.54, 1.807) is 12.1 Å². The molecule has 0 aliphatic heterocycles. The molecule has 0 radical (unpaired) electrons. The van der Waals surface area contributed by atoms with E-state index >= 15 is 0 Å². The van der Waals surface area contributed by atoms with E-state index in [0.717, 1.165) is 36.2 Å². The summed E-state index contributed by atoms with van der Waals surface area (Å²) in [5.41, 5.74) is 7.72. The number of benzene rings is 1. The highest BCUT2D eigenvalue weighted by Gasteiger charge is 2.38. The van der Waals surface area contributed by atoms with Crippen LogP contribution in [-0.4, -0.2) is 24.4 Å². The van der Waals surface area contributed by atoms with Gasteiger partial charge in [-0.1, -0.05) is 38.2 Å². The van der Waals surface area contributed by atoms with Crippen LogP contribution in [0.1, 0.15) is 65.2 Å². The summed E-state index contributed by atoms with van der Waals surface area (Å²) >= 11 is 1.53. The van der Waals surface area contributed by atoms with Gasteiger partial charge < -0.3 is 15.2 Å². The molecule has 2 rings (SSSR count). The van der Waals surface area contributed by atoms with Gasteiger partial charge in [-0.25, -0.2) is 0 Å². The lowest BCUT2D eigenvalue weighted by Crippen LogP contribution is -2.34. The number of hydrogen-bond acceptors (Lipinski definition) is 6. The summed E-state index contributed by atoms with van der Waals surface area (Å²) in [6, 6.07) is 7.30. The number of ether oxygens (including phenoxy) is 2. The summed E-state index contributed by atoms with van der Waals surface area (Å²) in [6.07, 6.45) is 7.88. The first-order valence-electron chi connectivity index (χ1n) is 12.4. The molecule has 6 heteroatoms. The van der Waals surface area contributed by atoms with E-state index in [4.69, 9.17) is 15.2 Å². The molecule has 1 aliphatic carbocycles. The van der Waals surface area contributed by atoms with Crippen LogP contribution in [-0.2, 0) is 14.3 Å². The SMILES string of the molecule is C=C[C@]1(C)CC[C@@H](C(=C)COC(=O)CCCCCC(=O)Oc2ccc(SCN)cc2)C[C@H]1C(=C)C. The van der Waals surface area contributed by atoms with E-state index < -0.39 is 0 Å². The largest absolute Gasteiger partial charge is 0.461 e. The Bertz CT molecular complexity index is 894. The Morgan fingerprint density at radius 3 is 2.40 bits per heavy atom. The van der Waals surface area contributed by atoms with Crippen LogP contribution in [0.25, 0.3) is 0 Å². The molecule has 5 nitrogen and oxygen atoms in total. The zero-order chi connectivity index (χ0) is 25.8. The minimum absolute atomic E-state index is 0.0694. The molecule has 2 N–H and O–H groups in total. The summed E-state index contributed by atoms with van der Waals surface area (Å²) in [5.74, 6) is 1.25. The van der Waals surface area contributed by atoms with Gasteiger partial charge in [-0.05, 0) is 86.1 Å². The fourth-order valence-corrected chi connectivity index (χ4v) is 5.19. The first-order valence-corrected chi connectivity index (χ1v) is 13.4. The average Bonchev–Trinajstić information content (AvgIpc) is 2.83. The van der Waals surface area contributed by atoms with Crippen molar-refractivity contribution in [1.29, 1.82) is 0 Å². The Balaban J connectivity index is 1.61. The number of allylic oxidation sites excluding steroid dienone is 2. The van der Waals surface area contributed by atoms with E-state index in [-0.39, 0.29) is 24.0 Å². The molecule has 0 spiro atoms.